The lowest BCUT2D eigenvalue weighted by Crippen LogP contribution is -2.54. The van der Waals surface area contributed by atoms with Crippen LogP contribution in [0.3, 0.4) is 0 Å². The van der Waals surface area contributed by atoms with Crippen LogP contribution in [0.2, 0.25) is 0 Å². The number of hydrogen-bond acceptors (Lipinski definition) is 12. The van der Waals surface area contributed by atoms with E-state index in [0.717, 1.165) is 43.1 Å². The van der Waals surface area contributed by atoms with E-state index in [0.29, 0.717) is 64.9 Å². The van der Waals surface area contributed by atoms with Crippen molar-refractivity contribution in [1.82, 2.24) is 34.2 Å². The summed E-state index contributed by atoms with van der Waals surface area (Å²) in [7, 11) is 1.67. The number of piperidine rings is 1. The number of carbonyl (C=O) groups excluding carboxylic acids is 5. The first-order valence-corrected chi connectivity index (χ1v) is 22.6. The normalized spacial score (nSPS) is 20.1. The molecule has 5 aromatic rings. The maximum Gasteiger partial charge on any atom is 0.276 e. The molecule has 67 heavy (non-hydrogen) atoms. The van der Waals surface area contributed by atoms with Crippen molar-refractivity contribution in [3.05, 3.63) is 117 Å². The van der Waals surface area contributed by atoms with Gasteiger partial charge in [0, 0.05) is 87.0 Å². The van der Waals surface area contributed by atoms with Gasteiger partial charge in [0.1, 0.15) is 29.1 Å². The molecule has 2 saturated heterocycles. The summed E-state index contributed by atoms with van der Waals surface area (Å²) in [5, 5.41) is 16.2. The van der Waals surface area contributed by atoms with Gasteiger partial charge in [-0.1, -0.05) is 25.7 Å². The summed E-state index contributed by atoms with van der Waals surface area (Å²) in [6.45, 7) is 10.0. The third-order valence-electron chi connectivity index (χ3n) is 13.6. The molecule has 0 bridgehead atoms. The smallest absolute Gasteiger partial charge is 0.276 e. The first-order chi connectivity index (χ1) is 32.2. The lowest BCUT2D eigenvalue weighted by atomic mass is 9.90. The Hall–Kier alpha value is -7.42. The minimum Gasteiger partial charge on any atom is -0.392 e. The van der Waals surface area contributed by atoms with Gasteiger partial charge >= 0.3 is 0 Å². The number of aliphatic hydroxyl groups excluding tert-OH is 1. The predicted octanol–water partition coefficient (Wildman–Crippen LogP) is 3.63. The molecule has 0 spiro atoms. The van der Waals surface area contributed by atoms with Gasteiger partial charge in [-0.25, -0.2) is 9.97 Å². The van der Waals surface area contributed by atoms with Crippen LogP contribution in [-0.2, 0) is 42.6 Å². The van der Waals surface area contributed by atoms with Crippen LogP contribution in [-0.4, -0.2) is 108 Å². The highest BCUT2D eigenvalue weighted by Crippen LogP contribution is 2.40. The van der Waals surface area contributed by atoms with Gasteiger partial charge in [-0.2, -0.15) is 0 Å². The summed E-state index contributed by atoms with van der Waals surface area (Å²) < 4.78 is 3.63. The monoisotopic (exact) mass is 902 g/mol. The number of hydrogen-bond donors (Lipinski definition) is 3. The number of fused-ring (bicyclic) bond motifs is 4. The summed E-state index contributed by atoms with van der Waals surface area (Å²) in [6, 6.07) is 13.3. The molecule has 4 aromatic heterocycles. The standard InChI is InChI=1S/C50H50N10O7/c1-29-26-56(15-5-6-30-7-9-35-36(20-30)47(65)60(46(35)64)39-10-12-43(62)54-45(39)63)16-17-57(29)33-8-11-42(52-25-33)53-38-21-32(27-55(4)48(38)66)34-13-14-51-44(37(34)28-61)59-19-18-58-40(49(59)67)22-31-23-50(2,3)24-41(31)58/h7-9,11,13-14,20-22,25,27,29,39,61H,10,12,15-19,23-24,26,28H2,1-4H3,(H,52,53)(H,54,62,63)/t29-,39?/m0/s1. The van der Waals surface area contributed by atoms with Crippen LogP contribution in [0, 0.1) is 17.3 Å². The number of aromatic nitrogens is 4. The van der Waals surface area contributed by atoms with Crippen LogP contribution >= 0.6 is 0 Å². The molecular weight excluding hydrogens is 853 g/mol. The average molecular weight is 903 g/mol. The quantitative estimate of drug-likeness (QED) is 0.152. The van der Waals surface area contributed by atoms with Gasteiger partial charge in [-0.05, 0) is 91.3 Å². The number of nitrogens with zero attached hydrogens (tertiary/aromatic N) is 8. The predicted molar refractivity (Wildman–Crippen MR) is 249 cm³/mol. The summed E-state index contributed by atoms with van der Waals surface area (Å²) >= 11 is 0. The van der Waals surface area contributed by atoms with Crippen molar-refractivity contribution in [2.75, 3.05) is 47.8 Å². The fraction of sp³-hybridized carbons (Fsp3) is 0.360. The second-order valence-electron chi connectivity index (χ2n) is 18.8. The highest BCUT2D eigenvalue weighted by atomic mass is 16.3. The molecule has 342 valence electrons. The Morgan fingerprint density at radius 1 is 0.896 bits per heavy atom. The van der Waals surface area contributed by atoms with E-state index < -0.39 is 29.7 Å². The molecular formula is C50H50N10O7. The summed E-state index contributed by atoms with van der Waals surface area (Å²) in [5.74, 6) is 4.88. The van der Waals surface area contributed by atoms with E-state index in [1.54, 1.807) is 60.9 Å². The van der Waals surface area contributed by atoms with Crippen molar-refractivity contribution < 1.29 is 29.1 Å². The number of benzene rings is 1. The SMILES string of the molecule is C[C@H]1CN(CC#Cc2ccc3c(c2)C(=O)N(C2CCC(=O)NC2=O)C3=O)CCN1c1ccc(Nc2cc(-c3ccnc(N4CCn5c(cc6c5CC(C)(C)C6)C4=O)c3CO)cn(C)c2=O)nc1. The molecule has 3 N–H and O–H groups in total. The maximum absolute atomic E-state index is 14.0. The van der Waals surface area contributed by atoms with Gasteiger partial charge in [0.2, 0.25) is 11.8 Å². The molecule has 1 unspecified atom stereocenters. The fourth-order valence-electron chi connectivity index (χ4n) is 10.3. The zero-order valence-corrected chi connectivity index (χ0v) is 37.8. The molecule has 2 atom stereocenters. The van der Waals surface area contributed by atoms with E-state index in [9.17, 15) is 33.9 Å². The number of aryl methyl sites for hydroxylation is 1. The van der Waals surface area contributed by atoms with Crippen molar-refractivity contribution >= 4 is 52.5 Å². The molecule has 1 aliphatic carbocycles. The van der Waals surface area contributed by atoms with E-state index in [1.807, 2.05) is 18.2 Å². The Balaban J connectivity index is 0.782. The highest BCUT2D eigenvalue weighted by molar-refractivity contribution is 6.23. The molecule has 2 fully saturated rings. The summed E-state index contributed by atoms with van der Waals surface area (Å²) in [6.07, 6.45) is 7.14. The lowest BCUT2D eigenvalue weighted by Gasteiger charge is -2.40. The second kappa shape index (κ2) is 16.8. The van der Waals surface area contributed by atoms with Gasteiger partial charge in [0.05, 0.1) is 36.2 Å². The zero-order chi connectivity index (χ0) is 46.9. The molecule has 0 saturated carbocycles. The second-order valence-corrected chi connectivity index (χ2v) is 18.8. The fourth-order valence-corrected chi connectivity index (χ4v) is 10.3. The minimum absolute atomic E-state index is 0.0559. The highest BCUT2D eigenvalue weighted by Gasteiger charge is 2.45. The molecule has 5 aliphatic rings. The molecule has 4 aliphatic heterocycles. The number of carbonyl (C=O) groups is 5. The topological polar surface area (TPSA) is 195 Å². The van der Waals surface area contributed by atoms with Crippen molar-refractivity contribution in [3.63, 3.8) is 0 Å². The van der Waals surface area contributed by atoms with E-state index in [4.69, 9.17) is 0 Å². The van der Waals surface area contributed by atoms with Gasteiger partial charge in [0.25, 0.3) is 23.3 Å². The molecule has 1 aromatic carbocycles. The van der Waals surface area contributed by atoms with E-state index >= 15 is 0 Å². The van der Waals surface area contributed by atoms with Crippen molar-refractivity contribution in [2.45, 2.75) is 71.7 Å². The number of amides is 5. The number of anilines is 4. The first-order valence-electron chi connectivity index (χ1n) is 22.6. The summed E-state index contributed by atoms with van der Waals surface area (Å²) in [5.41, 5.74) is 7.05. The molecule has 8 heterocycles. The number of nitrogens with one attached hydrogen (secondary N) is 2. The number of rotatable bonds is 8. The minimum atomic E-state index is -1.02. The molecule has 17 nitrogen and oxygen atoms in total. The largest absolute Gasteiger partial charge is 0.392 e. The van der Waals surface area contributed by atoms with Crippen LogP contribution in [0.5, 0.6) is 0 Å². The molecule has 17 heteroatoms. The average Bonchev–Trinajstić information content (AvgIpc) is 3.89. The van der Waals surface area contributed by atoms with Crippen molar-refractivity contribution in [1.29, 1.82) is 0 Å². The Bertz CT molecular complexity index is 3050. The van der Waals surface area contributed by atoms with E-state index in [1.165, 1.54) is 15.8 Å². The van der Waals surface area contributed by atoms with Gasteiger partial charge < -0.3 is 24.5 Å². The molecule has 10 rings (SSSR count). The number of piperazine rings is 1. The first kappa shape index (κ1) is 43.5. The van der Waals surface area contributed by atoms with E-state index in [-0.39, 0.29) is 53.5 Å². The zero-order valence-electron chi connectivity index (χ0n) is 37.8. The lowest BCUT2D eigenvalue weighted by molar-refractivity contribution is -0.136. The van der Waals surface area contributed by atoms with Crippen molar-refractivity contribution in [2.24, 2.45) is 12.5 Å². The van der Waals surface area contributed by atoms with Crippen LogP contribution in [0.1, 0.15) is 87.2 Å². The van der Waals surface area contributed by atoms with E-state index in [2.05, 4.69) is 67.6 Å². The van der Waals surface area contributed by atoms with Crippen molar-refractivity contribution in [3.8, 4) is 23.0 Å². The number of pyridine rings is 3. The maximum atomic E-state index is 14.0. The van der Waals surface area contributed by atoms with Gasteiger partial charge in [-0.15, -0.1) is 0 Å². The van der Waals surface area contributed by atoms with Gasteiger partial charge in [0.15, 0.2) is 0 Å². The third kappa shape index (κ3) is 7.85. The third-order valence-corrected chi connectivity index (χ3v) is 13.6. The van der Waals surface area contributed by atoms with Crippen LogP contribution in [0.4, 0.5) is 23.0 Å². The summed E-state index contributed by atoms with van der Waals surface area (Å²) in [4.78, 5) is 94.2. The Labute approximate surface area is 386 Å². The molecule has 5 amide bonds. The number of imide groups is 2. The Morgan fingerprint density at radius 2 is 1.72 bits per heavy atom. The Morgan fingerprint density at radius 3 is 2.48 bits per heavy atom. The van der Waals surface area contributed by atoms with Crippen LogP contribution in [0.25, 0.3) is 11.1 Å². The van der Waals surface area contributed by atoms with Crippen LogP contribution in [0.15, 0.2) is 71.9 Å². The van der Waals surface area contributed by atoms with Gasteiger partial charge in [-0.3, -0.25) is 48.8 Å². The Kier molecular flexibility index (Phi) is 10.9. The van der Waals surface area contributed by atoms with Crippen LogP contribution < -0.4 is 26.0 Å². The molecule has 0 radical (unpaired) electrons. The number of aliphatic hydroxyl groups is 1.